The van der Waals surface area contributed by atoms with Gasteiger partial charge in [0.15, 0.2) is 6.61 Å². The molecule has 1 aromatic rings. The molecule has 0 spiro atoms. The van der Waals surface area contributed by atoms with Gasteiger partial charge < -0.3 is 10.1 Å². The number of nitrogens with zero attached hydrogens (tertiary/aromatic N) is 2. The number of hydrogen-bond donors (Lipinski definition) is 1. The Morgan fingerprint density at radius 2 is 1.97 bits per heavy atom. The first-order valence-corrected chi connectivity index (χ1v) is 10.3. The molecule has 10 nitrogen and oxygen atoms in total. The van der Waals surface area contributed by atoms with Gasteiger partial charge in [-0.05, 0) is 24.3 Å². The number of carbonyl (C=O) groups is 4. The van der Waals surface area contributed by atoms with Crippen molar-refractivity contribution in [3.05, 3.63) is 39.4 Å². The number of nitro benzene ring substituents is 1. The summed E-state index contributed by atoms with van der Waals surface area (Å²) in [5, 5.41) is 14.0. The van der Waals surface area contributed by atoms with E-state index in [1.165, 1.54) is 12.1 Å². The average molecular weight is 431 g/mol. The molecule has 1 fully saturated rings. The van der Waals surface area contributed by atoms with Crippen LogP contribution < -0.4 is 5.32 Å². The van der Waals surface area contributed by atoms with Gasteiger partial charge in [-0.25, -0.2) is 0 Å². The first-order valence-electron chi connectivity index (χ1n) is 10.3. The Balaban J connectivity index is 1.49. The standard InChI is InChI=1S/C21H25N3O7/c1-12-5-3-7-15(13(12)2)22-17(25)11-31-18(26)9-10-23-20(27)14-6-4-8-16(24(29)30)19(14)21(23)28/h4,6,8,12-13,15H,3,5,7,9-11H2,1-2H3,(H,22,25)/t12-,13+,15-/m1/s1. The number of carbonyl (C=O) groups excluding carboxylic acids is 4. The highest BCUT2D eigenvalue weighted by Gasteiger charge is 2.40. The first-order chi connectivity index (χ1) is 14.7. The molecule has 1 heterocycles. The zero-order valence-corrected chi connectivity index (χ0v) is 17.5. The lowest BCUT2D eigenvalue weighted by Crippen LogP contribution is -2.45. The fourth-order valence-corrected chi connectivity index (χ4v) is 4.13. The maximum Gasteiger partial charge on any atom is 0.308 e. The molecule has 0 aromatic heterocycles. The number of nitrogens with one attached hydrogen (secondary N) is 1. The molecular weight excluding hydrogens is 406 g/mol. The minimum absolute atomic E-state index is 0.0455. The summed E-state index contributed by atoms with van der Waals surface area (Å²) in [6.07, 6.45) is 2.73. The molecule has 1 saturated carbocycles. The van der Waals surface area contributed by atoms with E-state index in [-0.39, 0.29) is 30.1 Å². The van der Waals surface area contributed by atoms with Crippen molar-refractivity contribution in [2.45, 2.75) is 45.6 Å². The molecule has 1 aliphatic heterocycles. The van der Waals surface area contributed by atoms with Gasteiger partial charge in [-0.1, -0.05) is 32.8 Å². The Hall–Kier alpha value is -3.30. The summed E-state index contributed by atoms with van der Waals surface area (Å²) in [4.78, 5) is 60.2. The number of fused-ring (bicyclic) bond motifs is 1. The second-order valence-electron chi connectivity index (χ2n) is 8.07. The fourth-order valence-electron chi connectivity index (χ4n) is 4.13. The van der Waals surface area contributed by atoms with Gasteiger partial charge in [0, 0.05) is 18.7 Å². The third kappa shape index (κ3) is 4.73. The van der Waals surface area contributed by atoms with E-state index >= 15 is 0 Å². The van der Waals surface area contributed by atoms with Crippen molar-refractivity contribution >= 4 is 29.4 Å². The molecule has 1 aromatic carbocycles. The van der Waals surface area contributed by atoms with Crippen LogP contribution in [-0.4, -0.2) is 52.7 Å². The molecule has 10 heteroatoms. The summed E-state index contributed by atoms with van der Waals surface area (Å²) >= 11 is 0. The number of hydrogen-bond acceptors (Lipinski definition) is 7. The fraction of sp³-hybridized carbons (Fsp3) is 0.524. The van der Waals surface area contributed by atoms with Crippen LogP contribution in [0.5, 0.6) is 0 Å². The van der Waals surface area contributed by atoms with E-state index in [9.17, 15) is 29.3 Å². The predicted octanol–water partition coefficient (Wildman–Crippen LogP) is 2.06. The Labute approximate surface area is 179 Å². The molecule has 3 rings (SSSR count). The molecule has 0 saturated heterocycles. The Kier molecular flexibility index (Phi) is 6.67. The van der Waals surface area contributed by atoms with Gasteiger partial charge in [0.1, 0.15) is 5.56 Å². The van der Waals surface area contributed by atoms with Crippen molar-refractivity contribution in [1.29, 1.82) is 0 Å². The van der Waals surface area contributed by atoms with Crippen molar-refractivity contribution < 1.29 is 28.8 Å². The second kappa shape index (κ2) is 9.23. The van der Waals surface area contributed by atoms with Crippen LogP contribution in [0.15, 0.2) is 18.2 Å². The van der Waals surface area contributed by atoms with E-state index in [4.69, 9.17) is 4.74 Å². The van der Waals surface area contributed by atoms with Gasteiger partial charge in [-0.2, -0.15) is 0 Å². The second-order valence-corrected chi connectivity index (χ2v) is 8.07. The van der Waals surface area contributed by atoms with Crippen molar-refractivity contribution in [3.8, 4) is 0 Å². The normalized spacial score (nSPS) is 22.8. The summed E-state index contributed by atoms with van der Waals surface area (Å²) in [5.74, 6) is -1.81. The van der Waals surface area contributed by atoms with E-state index < -0.39 is 40.9 Å². The lowest BCUT2D eigenvalue weighted by Gasteiger charge is -2.34. The smallest absolute Gasteiger partial charge is 0.308 e. The summed E-state index contributed by atoms with van der Waals surface area (Å²) in [7, 11) is 0. The summed E-state index contributed by atoms with van der Waals surface area (Å²) < 4.78 is 4.97. The zero-order valence-electron chi connectivity index (χ0n) is 17.5. The molecule has 166 valence electrons. The number of amides is 3. The van der Waals surface area contributed by atoms with Crippen LogP contribution >= 0.6 is 0 Å². The molecular formula is C21H25N3O7. The third-order valence-corrected chi connectivity index (χ3v) is 6.13. The van der Waals surface area contributed by atoms with Crippen LogP contribution in [0.1, 0.15) is 60.2 Å². The van der Waals surface area contributed by atoms with Crippen LogP contribution in [0.3, 0.4) is 0 Å². The zero-order chi connectivity index (χ0) is 22.7. The van der Waals surface area contributed by atoms with Gasteiger partial charge in [0.25, 0.3) is 23.4 Å². The molecule has 1 N–H and O–H groups in total. The minimum atomic E-state index is -0.821. The van der Waals surface area contributed by atoms with Crippen LogP contribution in [0.25, 0.3) is 0 Å². The number of imide groups is 1. The maximum atomic E-state index is 12.5. The Morgan fingerprint density at radius 1 is 1.23 bits per heavy atom. The molecule has 1 aliphatic carbocycles. The molecule has 0 radical (unpaired) electrons. The number of ether oxygens (including phenoxy) is 1. The van der Waals surface area contributed by atoms with Crippen molar-refractivity contribution in [2.24, 2.45) is 11.8 Å². The Bertz CT molecular complexity index is 930. The molecule has 3 atom stereocenters. The van der Waals surface area contributed by atoms with Gasteiger partial charge in [-0.3, -0.25) is 34.2 Å². The minimum Gasteiger partial charge on any atom is -0.456 e. The van der Waals surface area contributed by atoms with E-state index in [0.29, 0.717) is 11.8 Å². The summed E-state index contributed by atoms with van der Waals surface area (Å²) in [6, 6.07) is 3.85. The van der Waals surface area contributed by atoms with Crippen molar-refractivity contribution in [1.82, 2.24) is 10.2 Å². The van der Waals surface area contributed by atoms with Gasteiger partial charge >= 0.3 is 5.97 Å². The highest BCUT2D eigenvalue weighted by atomic mass is 16.6. The number of esters is 1. The van der Waals surface area contributed by atoms with Gasteiger partial charge in [0.2, 0.25) is 0 Å². The first kappa shape index (κ1) is 22.4. The lowest BCUT2D eigenvalue weighted by molar-refractivity contribution is -0.385. The van der Waals surface area contributed by atoms with Gasteiger partial charge in [0.05, 0.1) is 16.9 Å². The van der Waals surface area contributed by atoms with Crippen LogP contribution in [0, 0.1) is 22.0 Å². The van der Waals surface area contributed by atoms with Crippen molar-refractivity contribution in [3.63, 3.8) is 0 Å². The monoisotopic (exact) mass is 431 g/mol. The molecule has 2 aliphatic rings. The predicted molar refractivity (Wildman–Crippen MR) is 108 cm³/mol. The number of rotatable bonds is 7. The van der Waals surface area contributed by atoms with E-state index in [1.807, 2.05) is 0 Å². The Morgan fingerprint density at radius 3 is 2.68 bits per heavy atom. The number of nitro groups is 1. The van der Waals surface area contributed by atoms with Gasteiger partial charge in [-0.15, -0.1) is 0 Å². The quantitative estimate of drug-likeness (QED) is 0.302. The SMILES string of the molecule is C[C@H]1[C@H](C)CCC[C@H]1NC(=O)COC(=O)CCN1C(=O)c2cccc([N+](=O)[O-])c2C1=O. The highest BCUT2D eigenvalue weighted by Crippen LogP contribution is 2.31. The van der Waals surface area contributed by atoms with E-state index in [0.717, 1.165) is 30.2 Å². The van der Waals surface area contributed by atoms with Crippen molar-refractivity contribution in [2.75, 3.05) is 13.2 Å². The summed E-state index contributed by atoms with van der Waals surface area (Å²) in [6.45, 7) is 3.51. The van der Waals surface area contributed by atoms with Crippen LogP contribution in [-0.2, 0) is 14.3 Å². The van der Waals surface area contributed by atoms with E-state index in [2.05, 4.69) is 19.2 Å². The molecule has 0 bridgehead atoms. The van der Waals surface area contributed by atoms with Crippen LogP contribution in [0.4, 0.5) is 5.69 Å². The van der Waals surface area contributed by atoms with E-state index in [1.54, 1.807) is 0 Å². The molecule has 31 heavy (non-hydrogen) atoms. The third-order valence-electron chi connectivity index (χ3n) is 6.13. The topological polar surface area (TPSA) is 136 Å². The largest absolute Gasteiger partial charge is 0.456 e. The average Bonchev–Trinajstić information content (AvgIpc) is 2.98. The van der Waals surface area contributed by atoms with Crippen LogP contribution in [0.2, 0.25) is 0 Å². The molecule has 0 unspecified atom stereocenters. The number of benzene rings is 1. The maximum absolute atomic E-state index is 12.5. The molecule has 3 amide bonds. The summed E-state index contributed by atoms with van der Waals surface area (Å²) in [5.41, 5.74) is -0.798. The highest BCUT2D eigenvalue weighted by molar-refractivity contribution is 6.23. The lowest BCUT2D eigenvalue weighted by atomic mass is 9.78.